The molecule has 16 heavy (non-hydrogen) atoms. The number of hydrogen-bond acceptors (Lipinski definition) is 5. The molecule has 0 aromatic heterocycles. The van der Waals surface area contributed by atoms with Crippen molar-refractivity contribution >= 4 is 5.69 Å². The second-order valence-corrected chi connectivity index (χ2v) is 4.06. The Morgan fingerprint density at radius 2 is 2.25 bits per heavy atom. The van der Waals surface area contributed by atoms with E-state index in [-0.39, 0.29) is 17.2 Å². The lowest BCUT2D eigenvalue weighted by Gasteiger charge is -2.39. The maximum atomic E-state index is 10.6. The van der Waals surface area contributed by atoms with E-state index < -0.39 is 10.5 Å². The van der Waals surface area contributed by atoms with Crippen LogP contribution in [0.3, 0.4) is 0 Å². The van der Waals surface area contributed by atoms with Crippen LogP contribution in [-0.4, -0.2) is 28.7 Å². The molecule has 0 saturated carbocycles. The number of benzene rings is 1. The first-order valence-electron chi connectivity index (χ1n) is 4.87. The zero-order chi connectivity index (χ0) is 11.8. The summed E-state index contributed by atoms with van der Waals surface area (Å²) in [5.41, 5.74) is -0.490. The molecule has 1 aromatic rings. The van der Waals surface area contributed by atoms with E-state index in [1.807, 2.05) is 6.92 Å². The maximum Gasteiger partial charge on any atom is 0.273 e. The highest BCUT2D eigenvalue weighted by molar-refractivity contribution is 5.48. The summed E-state index contributed by atoms with van der Waals surface area (Å²) in [5, 5.41) is 23.1. The summed E-state index contributed by atoms with van der Waals surface area (Å²) in [7, 11) is 0. The molecule has 0 radical (unpaired) electrons. The van der Waals surface area contributed by atoms with Gasteiger partial charge in [-0.05, 0) is 13.0 Å². The van der Waals surface area contributed by atoms with Crippen molar-refractivity contribution < 1.29 is 14.8 Å². The Morgan fingerprint density at radius 1 is 1.56 bits per heavy atom. The molecular weight excluding hydrogens is 212 g/mol. The number of phenolic OH excluding ortho intramolecular Hbond substituents is 1. The number of nitrogens with one attached hydrogen (secondary N) is 1. The fourth-order valence-electron chi connectivity index (χ4n) is 1.51. The molecule has 0 unspecified atom stereocenters. The van der Waals surface area contributed by atoms with Crippen molar-refractivity contribution in [1.29, 1.82) is 0 Å². The number of nitro benzene ring substituents is 1. The predicted octanol–water partition coefficient (Wildman–Crippen LogP) is 1.04. The van der Waals surface area contributed by atoms with E-state index in [0.29, 0.717) is 13.1 Å². The van der Waals surface area contributed by atoms with Gasteiger partial charge in [0.2, 0.25) is 0 Å². The molecule has 0 spiro atoms. The van der Waals surface area contributed by atoms with E-state index >= 15 is 0 Å². The number of rotatable bonds is 3. The van der Waals surface area contributed by atoms with Crippen molar-refractivity contribution in [1.82, 2.24) is 5.32 Å². The van der Waals surface area contributed by atoms with Crippen LogP contribution in [-0.2, 0) is 0 Å². The minimum atomic E-state index is -0.520. The number of non-ortho nitro benzene ring substituents is 1. The van der Waals surface area contributed by atoms with Crippen molar-refractivity contribution in [3.63, 3.8) is 0 Å². The summed E-state index contributed by atoms with van der Waals surface area (Å²) in [4.78, 5) is 10.0. The first-order chi connectivity index (χ1) is 7.50. The van der Waals surface area contributed by atoms with Gasteiger partial charge in [0.15, 0.2) is 11.5 Å². The van der Waals surface area contributed by atoms with Crippen LogP contribution in [0.15, 0.2) is 18.2 Å². The van der Waals surface area contributed by atoms with Gasteiger partial charge in [-0.1, -0.05) is 0 Å². The molecule has 1 aromatic carbocycles. The Morgan fingerprint density at radius 3 is 2.75 bits per heavy atom. The molecule has 2 N–H and O–H groups in total. The van der Waals surface area contributed by atoms with Crippen molar-refractivity contribution in [3.8, 4) is 11.5 Å². The monoisotopic (exact) mass is 224 g/mol. The molecule has 0 amide bonds. The Labute approximate surface area is 92.0 Å². The van der Waals surface area contributed by atoms with Gasteiger partial charge in [0.05, 0.1) is 11.0 Å². The molecule has 6 heteroatoms. The molecule has 1 fully saturated rings. The second-order valence-electron chi connectivity index (χ2n) is 4.06. The summed E-state index contributed by atoms with van der Waals surface area (Å²) in [6.45, 7) is 3.20. The summed E-state index contributed by atoms with van der Waals surface area (Å²) in [6.07, 6.45) is 0. The minimum absolute atomic E-state index is 0.0845. The van der Waals surface area contributed by atoms with Gasteiger partial charge < -0.3 is 15.2 Å². The Bertz CT molecular complexity index is 429. The van der Waals surface area contributed by atoms with Crippen LogP contribution in [0, 0.1) is 10.1 Å². The highest BCUT2D eigenvalue weighted by atomic mass is 16.6. The van der Waals surface area contributed by atoms with Crippen LogP contribution in [0.2, 0.25) is 0 Å². The fourth-order valence-corrected chi connectivity index (χ4v) is 1.51. The van der Waals surface area contributed by atoms with Gasteiger partial charge in [0.25, 0.3) is 5.69 Å². The highest BCUT2D eigenvalue weighted by Gasteiger charge is 2.34. The molecule has 2 rings (SSSR count). The number of phenols is 1. The molecule has 1 aliphatic rings. The van der Waals surface area contributed by atoms with E-state index in [2.05, 4.69) is 5.32 Å². The third kappa shape index (κ3) is 1.92. The van der Waals surface area contributed by atoms with E-state index in [1.54, 1.807) is 0 Å². The van der Waals surface area contributed by atoms with E-state index in [9.17, 15) is 15.2 Å². The van der Waals surface area contributed by atoms with Crippen molar-refractivity contribution in [2.45, 2.75) is 12.5 Å². The average Bonchev–Trinajstić information content (AvgIpc) is 2.18. The van der Waals surface area contributed by atoms with Gasteiger partial charge in [0.1, 0.15) is 5.60 Å². The Balaban J connectivity index is 2.25. The summed E-state index contributed by atoms with van der Waals surface area (Å²) >= 11 is 0. The highest BCUT2D eigenvalue weighted by Crippen LogP contribution is 2.33. The molecule has 6 nitrogen and oxygen atoms in total. The molecular formula is C10H12N2O4. The number of nitro groups is 1. The quantitative estimate of drug-likeness (QED) is 0.592. The Hall–Kier alpha value is -1.82. The van der Waals surface area contributed by atoms with Crippen molar-refractivity contribution in [3.05, 3.63) is 28.3 Å². The zero-order valence-corrected chi connectivity index (χ0v) is 8.77. The largest absolute Gasteiger partial charge is 0.504 e. The van der Waals surface area contributed by atoms with Gasteiger partial charge in [-0.15, -0.1) is 0 Å². The Kier molecular flexibility index (Phi) is 2.43. The lowest BCUT2D eigenvalue weighted by Crippen LogP contribution is -2.61. The topological polar surface area (TPSA) is 84.6 Å². The third-order valence-corrected chi connectivity index (χ3v) is 2.51. The van der Waals surface area contributed by atoms with Crippen molar-refractivity contribution in [2.24, 2.45) is 0 Å². The summed E-state index contributed by atoms with van der Waals surface area (Å²) < 4.78 is 5.54. The van der Waals surface area contributed by atoms with Crippen LogP contribution in [0.25, 0.3) is 0 Å². The molecule has 86 valence electrons. The van der Waals surface area contributed by atoms with Gasteiger partial charge in [-0.2, -0.15) is 0 Å². The summed E-state index contributed by atoms with van der Waals surface area (Å²) in [5.74, 6) is 0.0666. The molecule has 1 saturated heterocycles. The zero-order valence-electron chi connectivity index (χ0n) is 8.77. The minimum Gasteiger partial charge on any atom is -0.504 e. The molecule has 0 atom stereocenters. The summed E-state index contributed by atoms with van der Waals surface area (Å²) in [6, 6.07) is 3.74. The lowest BCUT2D eigenvalue weighted by molar-refractivity contribution is -0.385. The van der Waals surface area contributed by atoms with E-state index in [4.69, 9.17) is 4.74 Å². The SMILES string of the molecule is CC1(Oc2cc([N+](=O)[O-])ccc2O)CNC1. The molecule has 1 aliphatic heterocycles. The van der Waals surface area contributed by atoms with Crippen LogP contribution in [0.4, 0.5) is 5.69 Å². The normalized spacial score (nSPS) is 17.6. The van der Waals surface area contributed by atoms with Crippen LogP contribution in [0.1, 0.15) is 6.92 Å². The van der Waals surface area contributed by atoms with Gasteiger partial charge in [-0.3, -0.25) is 10.1 Å². The van der Waals surface area contributed by atoms with Gasteiger partial charge in [-0.25, -0.2) is 0 Å². The first-order valence-corrected chi connectivity index (χ1v) is 4.87. The number of nitrogens with zero attached hydrogens (tertiary/aromatic N) is 1. The number of hydrogen-bond donors (Lipinski definition) is 2. The van der Waals surface area contributed by atoms with E-state index in [1.165, 1.54) is 18.2 Å². The molecule has 0 aliphatic carbocycles. The third-order valence-electron chi connectivity index (χ3n) is 2.51. The van der Waals surface area contributed by atoms with Gasteiger partial charge >= 0.3 is 0 Å². The molecule has 0 bridgehead atoms. The standard InChI is InChI=1S/C10H12N2O4/c1-10(5-11-6-10)16-9-4-7(12(14)15)2-3-8(9)13/h2-4,11,13H,5-6H2,1H3. The second kappa shape index (κ2) is 3.64. The van der Waals surface area contributed by atoms with Crippen LogP contribution in [0.5, 0.6) is 11.5 Å². The number of ether oxygens (including phenoxy) is 1. The fraction of sp³-hybridized carbons (Fsp3) is 0.400. The van der Waals surface area contributed by atoms with E-state index in [0.717, 1.165) is 0 Å². The lowest BCUT2D eigenvalue weighted by atomic mass is 10.00. The maximum absolute atomic E-state index is 10.6. The average molecular weight is 224 g/mol. The van der Waals surface area contributed by atoms with Gasteiger partial charge in [0, 0.05) is 19.2 Å². The predicted molar refractivity (Wildman–Crippen MR) is 56.7 cm³/mol. The van der Waals surface area contributed by atoms with Crippen molar-refractivity contribution in [2.75, 3.05) is 13.1 Å². The first kappa shape index (κ1) is 10.7. The molecule has 1 heterocycles. The van der Waals surface area contributed by atoms with Crippen LogP contribution >= 0.6 is 0 Å². The number of aromatic hydroxyl groups is 1. The smallest absolute Gasteiger partial charge is 0.273 e. The van der Waals surface area contributed by atoms with Crippen LogP contribution < -0.4 is 10.1 Å².